The molecule has 0 aliphatic carbocycles. The lowest BCUT2D eigenvalue weighted by Crippen LogP contribution is -2.44. The first-order chi connectivity index (χ1) is 9.67. The number of rotatable bonds is 9. The Hall–Kier alpha value is -0.690. The lowest BCUT2D eigenvalue weighted by molar-refractivity contribution is -0.130. The smallest absolute Gasteiger partial charge is 0.223 e. The molecule has 1 heterocycles. The Morgan fingerprint density at radius 2 is 2.00 bits per heavy atom. The first-order valence-corrected chi connectivity index (χ1v) is 7.64. The van der Waals surface area contributed by atoms with Crippen molar-refractivity contribution in [2.45, 2.75) is 26.4 Å². The summed E-state index contributed by atoms with van der Waals surface area (Å²) in [6.07, 6.45) is 0.100. The van der Waals surface area contributed by atoms with Crippen LogP contribution >= 0.6 is 0 Å². The monoisotopic (exact) mass is 287 g/mol. The molecule has 1 unspecified atom stereocenters. The number of hydrogen-bond acceptors (Lipinski definition) is 5. The Kier molecular flexibility index (Phi) is 8.77. The quantitative estimate of drug-likeness (QED) is 0.561. The van der Waals surface area contributed by atoms with E-state index in [1.54, 1.807) is 0 Å². The number of ether oxygens (including phenoxy) is 1. The molecule has 1 aliphatic heterocycles. The summed E-state index contributed by atoms with van der Waals surface area (Å²) in [7, 11) is 0. The van der Waals surface area contributed by atoms with Gasteiger partial charge in [0, 0.05) is 52.2 Å². The van der Waals surface area contributed by atoms with Crippen molar-refractivity contribution in [3.8, 4) is 0 Å². The number of β-amino-alcohol motifs (C(OH)–C–C–N with tert-alkyl or cyclic N) is 1. The first-order valence-electron chi connectivity index (χ1n) is 7.64. The van der Waals surface area contributed by atoms with E-state index in [1.807, 2.05) is 18.7 Å². The van der Waals surface area contributed by atoms with Gasteiger partial charge in [0.05, 0.1) is 19.3 Å². The molecule has 0 aromatic carbocycles. The molecule has 6 heteroatoms. The SMILES string of the molecule is CCN(CC)C(=O)CCNCC(O)CN1CCOCC1. The summed E-state index contributed by atoms with van der Waals surface area (Å²) in [6.45, 7) is 10.6. The minimum absolute atomic E-state index is 0.171. The number of nitrogens with zero attached hydrogens (tertiary/aromatic N) is 2. The first kappa shape index (κ1) is 17.4. The zero-order chi connectivity index (χ0) is 14.8. The average molecular weight is 287 g/mol. The lowest BCUT2D eigenvalue weighted by Gasteiger charge is -2.28. The van der Waals surface area contributed by atoms with E-state index in [0.717, 1.165) is 39.4 Å². The Bertz CT molecular complexity index is 266. The number of hydrogen-bond donors (Lipinski definition) is 2. The van der Waals surface area contributed by atoms with Gasteiger partial charge >= 0.3 is 0 Å². The van der Waals surface area contributed by atoms with Crippen molar-refractivity contribution < 1.29 is 14.6 Å². The third kappa shape index (κ3) is 6.65. The normalized spacial score (nSPS) is 17.9. The second-order valence-electron chi connectivity index (χ2n) is 5.09. The highest BCUT2D eigenvalue weighted by Gasteiger charge is 2.15. The van der Waals surface area contributed by atoms with Gasteiger partial charge in [0.25, 0.3) is 0 Å². The minimum Gasteiger partial charge on any atom is -0.390 e. The molecule has 0 aromatic rings. The van der Waals surface area contributed by atoms with E-state index in [-0.39, 0.29) is 5.91 Å². The van der Waals surface area contributed by atoms with Crippen molar-refractivity contribution in [3.05, 3.63) is 0 Å². The van der Waals surface area contributed by atoms with E-state index >= 15 is 0 Å². The zero-order valence-corrected chi connectivity index (χ0v) is 12.8. The van der Waals surface area contributed by atoms with Crippen molar-refractivity contribution in [1.29, 1.82) is 0 Å². The van der Waals surface area contributed by atoms with E-state index in [2.05, 4.69) is 10.2 Å². The fourth-order valence-corrected chi connectivity index (χ4v) is 2.34. The molecule has 1 aliphatic rings. The molecule has 1 amide bonds. The highest BCUT2D eigenvalue weighted by atomic mass is 16.5. The van der Waals surface area contributed by atoms with Crippen molar-refractivity contribution in [2.75, 3.05) is 59.0 Å². The number of nitrogens with one attached hydrogen (secondary N) is 1. The van der Waals surface area contributed by atoms with Gasteiger partial charge in [-0.2, -0.15) is 0 Å². The van der Waals surface area contributed by atoms with Gasteiger partial charge in [0.2, 0.25) is 5.91 Å². The number of amides is 1. The number of aliphatic hydroxyl groups excluding tert-OH is 1. The number of aliphatic hydroxyl groups is 1. The molecule has 2 N–H and O–H groups in total. The summed E-state index contributed by atoms with van der Waals surface area (Å²) in [5, 5.41) is 13.1. The van der Waals surface area contributed by atoms with Gasteiger partial charge in [-0.3, -0.25) is 9.69 Å². The van der Waals surface area contributed by atoms with Crippen LogP contribution in [0.4, 0.5) is 0 Å². The fourth-order valence-electron chi connectivity index (χ4n) is 2.34. The van der Waals surface area contributed by atoms with Crippen LogP contribution in [-0.2, 0) is 9.53 Å². The van der Waals surface area contributed by atoms with Crippen LogP contribution in [0.3, 0.4) is 0 Å². The van der Waals surface area contributed by atoms with Gasteiger partial charge in [0.15, 0.2) is 0 Å². The van der Waals surface area contributed by atoms with Crippen LogP contribution in [0.1, 0.15) is 20.3 Å². The Labute approximate surface area is 122 Å². The van der Waals surface area contributed by atoms with Crippen LogP contribution in [0.15, 0.2) is 0 Å². The molecule has 0 aromatic heterocycles. The molecule has 0 saturated carbocycles. The topological polar surface area (TPSA) is 65.0 Å². The predicted octanol–water partition coefficient (Wildman–Crippen LogP) is -0.472. The summed E-state index contributed by atoms with van der Waals surface area (Å²) in [6, 6.07) is 0. The van der Waals surface area contributed by atoms with Gasteiger partial charge in [-0.15, -0.1) is 0 Å². The van der Waals surface area contributed by atoms with Crippen LogP contribution in [-0.4, -0.2) is 85.9 Å². The van der Waals surface area contributed by atoms with Gasteiger partial charge in [-0.25, -0.2) is 0 Å². The van der Waals surface area contributed by atoms with Crippen molar-refractivity contribution in [1.82, 2.24) is 15.1 Å². The van der Waals surface area contributed by atoms with Gasteiger partial charge in [-0.1, -0.05) is 0 Å². The van der Waals surface area contributed by atoms with Crippen molar-refractivity contribution in [2.24, 2.45) is 0 Å². The maximum absolute atomic E-state index is 11.8. The predicted molar refractivity (Wildman–Crippen MR) is 78.7 cm³/mol. The molecule has 20 heavy (non-hydrogen) atoms. The fraction of sp³-hybridized carbons (Fsp3) is 0.929. The molecular formula is C14H29N3O3. The zero-order valence-electron chi connectivity index (χ0n) is 12.8. The van der Waals surface area contributed by atoms with Crippen LogP contribution in [0.5, 0.6) is 0 Å². The van der Waals surface area contributed by atoms with E-state index < -0.39 is 6.10 Å². The Balaban J connectivity index is 2.06. The van der Waals surface area contributed by atoms with E-state index in [9.17, 15) is 9.90 Å². The summed E-state index contributed by atoms with van der Waals surface area (Å²) < 4.78 is 5.27. The second-order valence-corrected chi connectivity index (χ2v) is 5.09. The summed E-state index contributed by atoms with van der Waals surface area (Å²) in [5.74, 6) is 0.171. The average Bonchev–Trinajstić information content (AvgIpc) is 2.46. The van der Waals surface area contributed by atoms with Gasteiger partial charge < -0.3 is 20.1 Å². The van der Waals surface area contributed by atoms with E-state index in [1.165, 1.54) is 0 Å². The van der Waals surface area contributed by atoms with Gasteiger partial charge in [0.1, 0.15) is 0 Å². The Morgan fingerprint density at radius 1 is 1.35 bits per heavy atom. The molecule has 0 bridgehead atoms. The number of carbonyl (C=O) groups is 1. The highest BCUT2D eigenvalue weighted by molar-refractivity contribution is 5.76. The molecule has 1 rings (SSSR count). The molecule has 1 fully saturated rings. The molecule has 6 nitrogen and oxygen atoms in total. The van der Waals surface area contributed by atoms with Crippen LogP contribution < -0.4 is 5.32 Å². The van der Waals surface area contributed by atoms with Gasteiger partial charge in [-0.05, 0) is 13.8 Å². The summed E-state index contributed by atoms with van der Waals surface area (Å²) in [4.78, 5) is 15.8. The summed E-state index contributed by atoms with van der Waals surface area (Å²) >= 11 is 0. The molecule has 1 saturated heterocycles. The number of morpholine rings is 1. The maximum atomic E-state index is 11.8. The molecule has 0 spiro atoms. The van der Waals surface area contributed by atoms with E-state index in [0.29, 0.717) is 26.1 Å². The molecule has 1 atom stereocenters. The lowest BCUT2D eigenvalue weighted by atomic mass is 10.3. The maximum Gasteiger partial charge on any atom is 0.223 e. The van der Waals surface area contributed by atoms with E-state index in [4.69, 9.17) is 4.74 Å². The van der Waals surface area contributed by atoms with Crippen LogP contribution in [0.2, 0.25) is 0 Å². The Morgan fingerprint density at radius 3 is 2.60 bits per heavy atom. The summed E-state index contributed by atoms with van der Waals surface area (Å²) in [5.41, 5.74) is 0. The largest absolute Gasteiger partial charge is 0.390 e. The third-order valence-electron chi connectivity index (χ3n) is 3.58. The molecule has 118 valence electrons. The van der Waals surface area contributed by atoms with Crippen molar-refractivity contribution >= 4 is 5.91 Å². The second kappa shape index (κ2) is 10.1. The third-order valence-corrected chi connectivity index (χ3v) is 3.58. The molecule has 0 radical (unpaired) electrons. The van der Waals surface area contributed by atoms with Crippen LogP contribution in [0, 0.1) is 0 Å². The standard InChI is InChI=1S/C14H29N3O3/c1-3-17(4-2)14(19)5-6-15-11-13(18)12-16-7-9-20-10-8-16/h13,15,18H,3-12H2,1-2H3. The van der Waals surface area contributed by atoms with Crippen LogP contribution in [0.25, 0.3) is 0 Å². The minimum atomic E-state index is -0.392. The highest BCUT2D eigenvalue weighted by Crippen LogP contribution is 1.98. The number of carbonyl (C=O) groups excluding carboxylic acids is 1. The molecular weight excluding hydrogens is 258 g/mol. The van der Waals surface area contributed by atoms with Crippen molar-refractivity contribution in [3.63, 3.8) is 0 Å².